The fraction of sp³-hybridized carbons (Fsp3) is 0.818. The molecule has 15 nitrogen and oxygen atoms in total. The number of rotatable bonds is 13. The summed E-state index contributed by atoms with van der Waals surface area (Å²) in [6.07, 6.45) is 2.68. The highest BCUT2D eigenvalue weighted by molar-refractivity contribution is 5.86. The first-order chi connectivity index (χ1) is 28.0. The van der Waals surface area contributed by atoms with Crippen LogP contribution in [0, 0.1) is 23.2 Å². The summed E-state index contributed by atoms with van der Waals surface area (Å²) in [7, 11) is 7.83. The average molecular weight is 839 g/mol. The number of cyclic esters (lactones) is 1. The van der Waals surface area contributed by atoms with Crippen LogP contribution in [0.2, 0.25) is 0 Å². The number of aliphatic hydroxyl groups is 1. The predicted octanol–water partition coefficient (Wildman–Crippen LogP) is 4.47. The van der Waals surface area contributed by atoms with Gasteiger partial charge in [0.05, 0.1) is 43.5 Å². The Morgan fingerprint density at radius 2 is 1.41 bits per heavy atom. The van der Waals surface area contributed by atoms with Gasteiger partial charge in [-0.05, 0) is 25.3 Å². The molecule has 0 aromatic rings. The predicted molar refractivity (Wildman–Crippen MR) is 214 cm³/mol. The molecular weight excluding hydrogens is 768 g/mol. The Kier molecular flexibility index (Phi) is 16.9. The van der Waals surface area contributed by atoms with E-state index < -0.39 is 109 Å². The highest BCUT2D eigenvalue weighted by Crippen LogP contribution is 2.46. The second-order valence-corrected chi connectivity index (χ2v) is 17.6. The topological polar surface area (TPSA) is 165 Å². The van der Waals surface area contributed by atoms with Gasteiger partial charge in [-0.15, -0.1) is 0 Å². The number of carbonyl (C=O) groups is 2. The summed E-state index contributed by atoms with van der Waals surface area (Å²) in [5.41, 5.74) is -0.805. The molecule has 17 unspecified atom stereocenters. The Labute approximate surface area is 350 Å². The Morgan fingerprint density at radius 1 is 0.746 bits per heavy atom. The minimum absolute atomic E-state index is 0.0965. The molecule has 17 atom stereocenters. The lowest BCUT2D eigenvalue weighted by Crippen LogP contribution is -2.64. The third-order valence-electron chi connectivity index (χ3n) is 12.8. The van der Waals surface area contributed by atoms with Crippen LogP contribution in [0.5, 0.6) is 0 Å². The summed E-state index contributed by atoms with van der Waals surface area (Å²) in [5.74, 6) is -3.49. The molecule has 0 saturated carbocycles. The molecule has 5 aliphatic rings. The van der Waals surface area contributed by atoms with Gasteiger partial charge in [-0.2, -0.15) is 0 Å². The first-order valence-electron chi connectivity index (χ1n) is 21.0. The van der Waals surface area contributed by atoms with Crippen molar-refractivity contribution >= 4 is 11.8 Å². The van der Waals surface area contributed by atoms with Crippen molar-refractivity contribution in [2.45, 2.75) is 166 Å². The SMILES string of the molecule is COC1COC(OC2CC3CC(=O)C4(O)OC(CC4C)C(C)(C)C(/C=C/C=C/C=C/C(C)C)OC(=O)CC(O3)C2C)C(OC)C1OC1OC(C)C(OC)C(OC)C1OC. The van der Waals surface area contributed by atoms with Crippen LogP contribution in [0.1, 0.15) is 74.1 Å². The number of Topliss-reactive ketones (excluding diaryl/α,β-unsaturated/α-hetero) is 1. The zero-order valence-corrected chi connectivity index (χ0v) is 37.0. The molecule has 4 bridgehead atoms. The quantitative estimate of drug-likeness (QED) is 0.204. The zero-order chi connectivity index (χ0) is 43.2. The van der Waals surface area contributed by atoms with E-state index in [1.807, 2.05) is 58.1 Å². The van der Waals surface area contributed by atoms with Crippen molar-refractivity contribution in [2.24, 2.45) is 23.2 Å². The molecule has 0 radical (unpaired) electrons. The van der Waals surface area contributed by atoms with E-state index >= 15 is 0 Å². The van der Waals surface area contributed by atoms with Crippen LogP contribution in [0.25, 0.3) is 0 Å². The van der Waals surface area contributed by atoms with E-state index in [-0.39, 0.29) is 37.9 Å². The summed E-state index contributed by atoms with van der Waals surface area (Å²) in [6, 6.07) is 0. The molecule has 15 heteroatoms. The molecule has 0 aliphatic carbocycles. The van der Waals surface area contributed by atoms with Crippen molar-refractivity contribution in [1.29, 1.82) is 0 Å². The summed E-state index contributed by atoms with van der Waals surface area (Å²) in [4.78, 5) is 28.0. The van der Waals surface area contributed by atoms with E-state index in [9.17, 15) is 14.7 Å². The third kappa shape index (κ3) is 10.7. The Hall–Kier alpha value is -2.12. The number of hydrogen-bond acceptors (Lipinski definition) is 15. The van der Waals surface area contributed by atoms with Crippen molar-refractivity contribution in [3.8, 4) is 0 Å². The molecule has 5 aliphatic heterocycles. The van der Waals surface area contributed by atoms with Crippen LogP contribution in [0.4, 0.5) is 0 Å². The molecule has 59 heavy (non-hydrogen) atoms. The van der Waals surface area contributed by atoms with Gasteiger partial charge in [-0.1, -0.05) is 71.9 Å². The fourth-order valence-corrected chi connectivity index (χ4v) is 8.98. The number of ketones is 1. The van der Waals surface area contributed by atoms with Crippen LogP contribution in [-0.4, -0.2) is 151 Å². The van der Waals surface area contributed by atoms with Gasteiger partial charge in [0, 0.05) is 65.6 Å². The summed E-state index contributed by atoms with van der Waals surface area (Å²) >= 11 is 0. The molecule has 0 aromatic heterocycles. The number of ether oxygens (including phenoxy) is 12. The first kappa shape index (κ1) is 47.9. The molecule has 336 valence electrons. The molecule has 5 rings (SSSR count). The Morgan fingerprint density at radius 3 is 2.05 bits per heavy atom. The van der Waals surface area contributed by atoms with Gasteiger partial charge < -0.3 is 61.9 Å². The van der Waals surface area contributed by atoms with Gasteiger partial charge in [-0.25, -0.2) is 0 Å². The maximum Gasteiger partial charge on any atom is 0.309 e. The largest absolute Gasteiger partial charge is 0.457 e. The molecule has 0 amide bonds. The Balaban J connectivity index is 1.39. The number of allylic oxidation sites excluding steroid dienone is 5. The molecule has 1 N–H and O–H groups in total. The first-order valence-corrected chi connectivity index (χ1v) is 21.0. The van der Waals surface area contributed by atoms with Crippen LogP contribution in [-0.2, 0) is 66.4 Å². The van der Waals surface area contributed by atoms with Crippen LogP contribution < -0.4 is 0 Å². The van der Waals surface area contributed by atoms with Crippen molar-refractivity contribution < 1.29 is 71.5 Å². The fourth-order valence-electron chi connectivity index (χ4n) is 8.98. The minimum atomic E-state index is -2.05. The van der Waals surface area contributed by atoms with Crippen molar-refractivity contribution in [3.05, 3.63) is 36.5 Å². The highest BCUT2D eigenvalue weighted by Gasteiger charge is 2.57. The van der Waals surface area contributed by atoms with Gasteiger partial charge in [0.1, 0.15) is 42.7 Å². The maximum absolute atomic E-state index is 14.1. The van der Waals surface area contributed by atoms with Crippen LogP contribution in [0.15, 0.2) is 36.5 Å². The van der Waals surface area contributed by atoms with Crippen LogP contribution >= 0.6 is 0 Å². The van der Waals surface area contributed by atoms with Crippen molar-refractivity contribution in [3.63, 3.8) is 0 Å². The second-order valence-electron chi connectivity index (χ2n) is 17.6. The monoisotopic (exact) mass is 838 g/mol. The molecular formula is C44H70O15. The lowest BCUT2D eigenvalue weighted by Gasteiger charge is -2.48. The summed E-state index contributed by atoms with van der Waals surface area (Å²) in [6.45, 7) is 13.8. The molecule has 5 heterocycles. The lowest BCUT2D eigenvalue weighted by atomic mass is 9.77. The van der Waals surface area contributed by atoms with Crippen LogP contribution in [0.3, 0.4) is 0 Å². The van der Waals surface area contributed by atoms with Crippen molar-refractivity contribution in [2.75, 3.05) is 42.2 Å². The number of fused-ring (bicyclic) bond motifs is 4. The highest BCUT2D eigenvalue weighted by atomic mass is 16.8. The van der Waals surface area contributed by atoms with E-state index in [4.69, 9.17) is 56.8 Å². The lowest BCUT2D eigenvalue weighted by molar-refractivity contribution is -0.359. The summed E-state index contributed by atoms with van der Waals surface area (Å²) in [5, 5.41) is 11.9. The van der Waals surface area contributed by atoms with Crippen molar-refractivity contribution in [1.82, 2.24) is 0 Å². The molecule has 5 fully saturated rings. The van der Waals surface area contributed by atoms with Gasteiger partial charge in [-0.3, -0.25) is 9.59 Å². The smallest absolute Gasteiger partial charge is 0.309 e. The number of methoxy groups -OCH3 is 5. The second kappa shape index (κ2) is 20.8. The molecule has 5 saturated heterocycles. The molecule has 0 spiro atoms. The average Bonchev–Trinajstić information content (AvgIpc) is 3.52. The third-order valence-corrected chi connectivity index (χ3v) is 12.8. The van der Waals surface area contributed by atoms with Gasteiger partial charge in [0.25, 0.3) is 0 Å². The number of esters is 1. The number of hydrogen-bond donors (Lipinski definition) is 1. The number of carbonyl (C=O) groups excluding carboxylic acids is 2. The maximum atomic E-state index is 14.1. The van der Waals surface area contributed by atoms with E-state index in [2.05, 4.69) is 19.9 Å². The van der Waals surface area contributed by atoms with Gasteiger partial charge >= 0.3 is 5.97 Å². The van der Waals surface area contributed by atoms with E-state index in [0.717, 1.165) is 0 Å². The van der Waals surface area contributed by atoms with E-state index in [1.165, 1.54) is 7.11 Å². The molecule has 0 aromatic carbocycles. The van der Waals surface area contributed by atoms with Gasteiger partial charge in [0.2, 0.25) is 5.79 Å². The van der Waals surface area contributed by atoms with Gasteiger partial charge in [0.15, 0.2) is 18.4 Å². The normalized spacial score (nSPS) is 43.6. The standard InChI is InChI=1S/C44H70O15/c1-24(2)17-15-13-14-16-18-33-43(6,7)34-19-25(3)44(47,59-34)32(45)21-28-20-29(26(4)30(55-28)22-35(46)57-33)56-41-39(51-11)37(31(48-8)23-53-41)58-42-40(52-12)38(50-10)36(49-9)27(5)54-42/h13-18,24-31,33-34,36-42,47H,19-23H2,1-12H3/b14-13+,17-15+,18-16+. The zero-order valence-electron chi connectivity index (χ0n) is 37.0. The summed E-state index contributed by atoms with van der Waals surface area (Å²) < 4.78 is 74.1. The van der Waals surface area contributed by atoms with E-state index in [0.29, 0.717) is 12.3 Å². The minimum Gasteiger partial charge on any atom is -0.457 e. The van der Waals surface area contributed by atoms with E-state index in [1.54, 1.807) is 35.4 Å². The Bertz CT molecular complexity index is 1460.